The highest BCUT2D eigenvalue weighted by atomic mass is 16.6. The molecule has 3 atom stereocenters. The first kappa shape index (κ1) is 10.9. The van der Waals surface area contributed by atoms with Gasteiger partial charge < -0.3 is 14.9 Å². The Bertz CT molecular complexity index is 248. The minimum Gasteiger partial charge on any atom is -0.395 e. The second-order valence-corrected chi connectivity index (χ2v) is 3.14. The molecule has 0 bridgehead atoms. The fourth-order valence-electron chi connectivity index (χ4n) is 1.34. The first-order valence-corrected chi connectivity index (χ1v) is 4.30. The Morgan fingerprint density at radius 3 is 2.93 bits per heavy atom. The van der Waals surface area contributed by atoms with Crippen LogP contribution >= 0.6 is 0 Å². The molecule has 5 nitrogen and oxygen atoms in total. The van der Waals surface area contributed by atoms with E-state index in [1.807, 2.05) is 0 Å². The van der Waals surface area contributed by atoms with Crippen LogP contribution in [0, 0.1) is 11.8 Å². The first-order chi connectivity index (χ1) is 6.70. The van der Waals surface area contributed by atoms with Crippen molar-refractivity contribution in [2.45, 2.75) is 12.5 Å². The third kappa shape index (κ3) is 2.65. The molecule has 1 aliphatic rings. The highest BCUT2D eigenvalue weighted by Gasteiger charge is 2.47. The number of hydrogen-bond donors (Lipinski definition) is 2. The van der Waals surface area contributed by atoms with E-state index in [1.165, 1.54) is 12.2 Å². The van der Waals surface area contributed by atoms with Crippen molar-refractivity contribution >= 4 is 12.4 Å². The molecule has 0 heterocycles. The lowest BCUT2D eigenvalue weighted by Crippen LogP contribution is -2.13. The van der Waals surface area contributed by atoms with E-state index in [1.54, 1.807) is 0 Å². The monoisotopic (exact) mass is 200 g/mol. The van der Waals surface area contributed by atoms with Crippen LogP contribution in [0.4, 0.5) is 0 Å². The van der Waals surface area contributed by atoms with E-state index in [4.69, 9.17) is 5.11 Å². The van der Waals surface area contributed by atoms with Gasteiger partial charge in [-0.1, -0.05) is 12.2 Å². The highest BCUT2D eigenvalue weighted by molar-refractivity contribution is 5.81. The molecule has 0 aromatic carbocycles. The van der Waals surface area contributed by atoms with Crippen molar-refractivity contribution in [3.05, 3.63) is 12.2 Å². The van der Waals surface area contributed by atoms with E-state index in [0.29, 0.717) is 6.42 Å². The molecular weight excluding hydrogens is 188 g/mol. The molecule has 2 N–H and O–H groups in total. The van der Waals surface area contributed by atoms with Crippen LogP contribution in [-0.4, -0.2) is 35.4 Å². The summed E-state index contributed by atoms with van der Waals surface area (Å²) in [6.07, 6.45) is 2.60. The third-order valence-corrected chi connectivity index (χ3v) is 2.18. The van der Waals surface area contributed by atoms with Crippen molar-refractivity contribution < 1.29 is 24.5 Å². The smallest absolute Gasteiger partial charge is 0.316 e. The Hall–Kier alpha value is -1.20. The molecule has 0 aromatic heterocycles. The Morgan fingerprint density at radius 2 is 2.36 bits per heavy atom. The van der Waals surface area contributed by atoms with Crippen molar-refractivity contribution in [2.24, 2.45) is 11.8 Å². The quantitative estimate of drug-likeness (QED) is 0.263. The number of aliphatic hydroxyl groups is 2. The van der Waals surface area contributed by atoms with Gasteiger partial charge in [0.2, 0.25) is 0 Å². The summed E-state index contributed by atoms with van der Waals surface area (Å²) in [4.78, 5) is 20.8. The maximum absolute atomic E-state index is 11.0. The largest absolute Gasteiger partial charge is 0.395 e. The maximum atomic E-state index is 11.0. The Balaban J connectivity index is 2.34. The molecule has 0 spiro atoms. The average Bonchev–Trinajstić information content (AvgIpc) is 2.94. The van der Waals surface area contributed by atoms with Crippen LogP contribution in [0.3, 0.4) is 0 Å². The lowest BCUT2D eigenvalue weighted by Gasteiger charge is -2.02. The Morgan fingerprint density at radius 1 is 1.64 bits per heavy atom. The van der Waals surface area contributed by atoms with Crippen LogP contribution in [0.5, 0.6) is 0 Å². The minimum atomic E-state index is -0.758. The lowest BCUT2D eigenvalue weighted by molar-refractivity contribution is -0.153. The normalized spacial score (nSPS) is 27.3. The van der Waals surface area contributed by atoms with Gasteiger partial charge in [0.25, 0.3) is 0 Å². The van der Waals surface area contributed by atoms with E-state index in [-0.39, 0.29) is 19.0 Å². The number of carbonyl (C=O) groups is 2. The van der Waals surface area contributed by atoms with Gasteiger partial charge in [0.15, 0.2) is 0 Å². The van der Waals surface area contributed by atoms with Gasteiger partial charge in [0, 0.05) is 5.92 Å². The van der Waals surface area contributed by atoms with Gasteiger partial charge >= 0.3 is 12.4 Å². The summed E-state index contributed by atoms with van der Waals surface area (Å²) in [5, 5.41) is 17.9. The molecular formula is C9H12O5. The fourth-order valence-corrected chi connectivity index (χ4v) is 1.34. The SMILES string of the molecule is O=COC(=O)C1CC1C(O)C=CCO. The number of carbonyl (C=O) groups excluding carboxylic acids is 2. The van der Waals surface area contributed by atoms with Crippen LogP contribution in [0.25, 0.3) is 0 Å². The molecule has 0 aliphatic heterocycles. The zero-order valence-corrected chi connectivity index (χ0v) is 7.50. The van der Waals surface area contributed by atoms with Crippen LogP contribution in [0.2, 0.25) is 0 Å². The topological polar surface area (TPSA) is 83.8 Å². The van der Waals surface area contributed by atoms with Crippen molar-refractivity contribution in [3.63, 3.8) is 0 Å². The van der Waals surface area contributed by atoms with Crippen LogP contribution in [0.1, 0.15) is 6.42 Å². The predicted octanol–water partition coefficient (Wildman–Crippen LogP) is -0.768. The van der Waals surface area contributed by atoms with E-state index >= 15 is 0 Å². The summed E-state index contributed by atoms with van der Waals surface area (Å²) in [6, 6.07) is 0. The molecule has 0 radical (unpaired) electrons. The number of aliphatic hydroxyl groups excluding tert-OH is 2. The van der Waals surface area contributed by atoms with Crippen LogP contribution in [-0.2, 0) is 14.3 Å². The van der Waals surface area contributed by atoms with Gasteiger partial charge in [-0.2, -0.15) is 0 Å². The molecule has 1 aliphatic carbocycles. The minimum absolute atomic E-state index is 0.0909. The number of hydrogen-bond acceptors (Lipinski definition) is 5. The Labute approximate surface area is 81.0 Å². The van der Waals surface area contributed by atoms with E-state index in [9.17, 15) is 14.7 Å². The van der Waals surface area contributed by atoms with Crippen LogP contribution < -0.4 is 0 Å². The van der Waals surface area contributed by atoms with Gasteiger partial charge in [-0.05, 0) is 6.42 Å². The van der Waals surface area contributed by atoms with Crippen molar-refractivity contribution in [2.75, 3.05) is 6.61 Å². The highest BCUT2D eigenvalue weighted by Crippen LogP contribution is 2.42. The molecule has 0 amide bonds. The Kier molecular flexibility index (Phi) is 3.79. The number of esters is 1. The van der Waals surface area contributed by atoms with Gasteiger partial charge in [0.05, 0.1) is 18.6 Å². The molecule has 0 saturated heterocycles. The molecule has 5 heteroatoms. The summed E-state index contributed by atoms with van der Waals surface area (Å²) in [5.74, 6) is -1.18. The molecule has 78 valence electrons. The number of rotatable bonds is 5. The summed E-state index contributed by atoms with van der Waals surface area (Å²) < 4.78 is 4.15. The van der Waals surface area contributed by atoms with Crippen molar-refractivity contribution in [3.8, 4) is 0 Å². The van der Waals surface area contributed by atoms with Gasteiger partial charge in [-0.3, -0.25) is 9.59 Å². The molecule has 1 rings (SSSR count). The summed E-state index contributed by atoms with van der Waals surface area (Å²) in [7, 11) is 0. The zero-order chi connectivity index (χ0) is 10.6. The van der Waals surface area contributed by atoms with Gasteiger partial charge in [0.1, 0.15) is 0 Å². The lowest BCUT2D eigenvalue weighted by atomic mass is 10.2. The summed E-state index contributed by atoms with van der Waals surface area (Å²) in [5.41, 5.74) is 0. The number of ether oxygens (including phenoxy) is 1. The van der Waals surface area contributed by atoms with Crippen LogP contribution in [0.15, 0.2) is 12.2 Å². The maximum Gasteiger partial charge on any atom is 0.316 e. The van der Waals surface area contributed by atoms with Gasteiger partial charge in [-0.25, -0.2) is 0 Å². The van der Waals surface area contributed by atoms with E-state index < -0.39 is 18.0 Å². The zero-order valence-electron chi connectivity index (χ0n) is 7.50. The standard InChI is InChI=1S/C9H12O5/c10-3-1-2-8(12)6-4-7(6)9(13)14-5-11/h1-2,5-8,10,12H,3-4H2. The molecule has 1 fully saturated rings. The molecule has 3 unspecified atom stereocenters. The van der Waals surface area contributed by atoms with E-state index in [2.05, 4.69) is 4.74 Å². The average molecular weight is 200 g/mol. The second kappa shape index (κ2) is 4.88. The fraction of sp³-hybridized carbons (Fsp3) is 0.556. The molecule has 0 aromatic rings. The van der Waals surface area contributed by atoms with Gasteiger partial charge in [-0.15, -0.1) is 0 Å². The second-order valence-electron chi connectivity index (χ2n) is 3.14. The third-order valence-electron chi connectivity index (χ3n) is 2.18. The predicted molar refractivity (Wildman–Crippen MR) is 46.0 cm³/mol. The first-order valence-electron chi connectivity index (χ1n) is 4.30. The van der Waals surface area contributed by atoms with Crippen molar-refractivity contribution in [1.82, 2.24) is 0 Å². The van der Waals surface area contributed by atoms with E-state index in [0.717, 1.165) is 0 Å². The summed E-state index contributed by atoms with van der Waals surface area (Å²) >= 11 is 0. The molecule has 14 heavy (non-hydrogen) atoms. The van der Waals surface area contributed by atoms with Crippen molar-refractivity contribution in [1.29, 1.82) is 0 Å². The summed E-state index contributed by atoms with van der Waals surface area (Å²) in [6.45, 7) is -0.0547. The molecule has 1 saturated carbocycles.